The van der Waals surface area contributed by atoms with E-state index < -0.39 is 0 Å². The Balaban J connectivity index is 1.55. The van der Waals surface area contributed by atoms with Gasteiger partial charge in [0.05, 0.1) is 6.54 Å². The first-order valence-corrected chi connectivity index (χ1v) is 8.74. The molecule has 1 aromatic heterocycles. The maximum absolute atomic E-state index is 12.6. The van der Waals surface area contributed by atoms with Gasteiger partial charge in [-0.05, 0) is 45.7 Å². The number of aromatic amines is 1. The van der Waals surface area contributed by atoms with Crippen LogP contribution >= 0.6 is 0 Å². The summed E-state index contributed by atoms with van der Waals surface area (Å²) in [5.74, 6) is 1.72. The zero-order chi connectivity index (χ0) is 15.4. The van der Waals surface area contributed by atoms with Crippen LogP contribution in [-0.4, -0.2) is 58.4 Å². The molecule has 1 aromatic rings. The van der Waals surface area contributed by atoms with Gasteiger partial charge in [-0.3, -0.25) is 9.69 Å². The Hall–Kier alpha value is -1.36. The molecule has 2 aliphatic rings. The summed E-state index contributed by atoms with van der Waals surface area (Å²) < 4.78 is 0. The summed E-state index contributed by atoms with van der Waals surface area (Å²) in [5.41, 5.74) is 1.10. The predicted octanol–water partition coefficient (Wildman–Crippen LogP) is 2.30. The molecule has 3 rings (SSSR count). The molecule has 0 spiro atoms. The van der Waals surface area contributed by atoms with E-state index in [0.717, 1.165) is 50.5 Å². The van der Waals surface area contributed by atoms with Gasteiger partial charge in [0.15, 0.2) is 0 Å². The van der Waals surface area contributed by atoms with Gasteiger partial charge < -0.3 is 9.88 Å². The van der Waals surface area contributed by atoms with Gasteiger partial charge >= 0.3 is 0 Å². The second kappa shape index (κ2) is 7.27. The van der Waals surface area contributed by atoms with Crippen LogP contribution in [0.4, 0.5) is 0 Å². The molecule has 2 aliphatic heterocycles. The van der Waals surface area contributed by atoms with Crippen LogP contribution in [0.25, 0.3) is 0 Å². The van der Waals surface area contributed by atoms with Crippen molar-refractivity contribution >= 4 is 5.91 Å². The van der Waals surface area contributed by atoms with E-state index in [1.165, 1.54) is 25.7 Å². The summed E-state index contributed by atoms with van der Waals surface area (Å²) in [6.45, 7) is 6.52. The van der Waals surface area contributed by atoms with Gasteiger partial charge in [0.2, 0.25) is 5.91 Å². The van der Waals surface area contributed by atoms with E-state index in [9.17, 15) is 4.79 Å². The molecular formula is C17H28N4O. The van der Waals surface area contributed by atoms with E-state index in [2.05, 4.69) is 19.8 Å². The number of carbonyl (C=O) groups excluding carboxylic acids is 1. The van der Waals surface area contributed by atoms with Gasteiger partial charge in [0, 0.05) is 30.9 Å². The van der Waals surface area contributed by atoms with E-state index in [4.69, 9.17) is 0 Å². The van der Waals surface area contributed by atoms with Crippen molar-refractivity contribution in [2.45, 2.75) is 51.4 Å². The molecule has 3 heterocycles. The monoisotopic (exact) mass is 304 g/mol. The minimum absolute atomic E-state index is 0.301. The molecule has 2 fully saturated rings. The predicted molar refractivity (Wildman–Crippen MR) is 86.8 cm³/mol. The van der Waals surface area contributed by atoms with Crippen LogP contribution < -0.4 is 0 Å². The summed E-state index contributed by atoms with van der Waals surface area (Å²) in [6, 6.07) is 0. The summed E-state index contributed by atoms with van der Waals surface area (Å²) in [7, 11) is 0. The lowest BCUT2D eigenvalue weighted by molar-refractivity contribution is -0.133. The average molecular weight is 304 g/mol. The third-order valence-corrected chi connectivity index (χ3v) is 4.94. The van der Waals surface area contributed by atoms with Gasteiger partial charge in [-0.25, -0.2) is 4.98 Å². The maximum Gasteiger partial charge on any atom is 0.236 e. The van der Waals surface area contributed by atoms with Gasteiger partial charge in [-0.2, -0.15) is 0 Å². The Morgan fingerprint density at radius 2 is 2.00 bits per heavy atom. The van der Waals surface area contributed by atoms with Crippen molar-refractivity contribution in [2.24, 2.45) is 0 Å². The summed E-state index contributed by atoms with van der Waals surface area (Å²) >= 11 is 0. The Labute approximate surface area is 133 Å². The van der Waals surface area contributed by atoms with E-state index in [1.807, 2.05) is 13.1 Å². The SMILES string of the molecule is Cc1cnc([C@@H]2CCCN(C(=O)CN3CCCCCC3)C2)[nH]1. The van der Waals surface area contributed by atoms with Gasteiger partial charge in [0.25, 0.3) is 0 Å². The number of hydrogen-bond acceptors (Lipinski definition) is 3. The number of imidazole rings is 1. The highest BCUT2D eigenvalue weighted by atomic mass is 16.2. The highest BCUT2D eigenvalue weighted by Crippen LogP contribution is 2.25. The minimum Gasteiger partial charge on any atom is -0.346 e. The zero-order valence-electron chi connectivity index (χ0n) is 13.7. The zero-order valence-corrected chi connectivity index (χ0v) is 13.7. The number of aromatic nitrogens is 2. The number of likely N-dealkylation sites (tertiary alicyclic amines) is 2. The van der Waals surface area contributed by atoms with Crippen molar-refractivity contribution in [3.63, 3.8) is 0 Å². The van der Waals surface area contributed by atoms with Crippen molar-refractivity contribution in [1.29, 1.82) is 0 Å². The standard InChI is InChI=1S/C17H28N4O/c1-14-11-18-17(19-14)15-7-6-10-21(12-15)16(22)13-20-8-4-2-3-5-9-20/h11,15H,2-10,12-13H2,1H3,(H,18,19)/t15-/m1/s1. The van der Waals surface area contributed by atoms with Crippen molar-refractivity contribution in [3.8, 4) is 0 Å². The van der Waals surface area contributed by atoms with Crippen LogP contribution in [0, 0.1) is 6.92 Å². The lowest BCUT2D eigenvalue weighted by atomic mass is 9.97. The number of H-pyrrole nitrogens is 1. The third-order valence-electron chi connectivity index (χ3n) is 4.94. The van der Waals surface area contributed by atoms with Gasteiger partial charge in [0.1, 0.15) is 5.82 Å². The molecule has 0 unspecified atom stereocenters. The van der Waals surface area contributed by atoms with Crippen molar-refractivity contribution in [3.05, 3.63) is 17.7 Å². The molecule has 0 radical (unpaired) electrons. The number of amides is 1. The Morgan fingerprint density at radius 1 is 1.23 bits per heavy atom. The second-order valence-corrected chi connectivity index (χ2v) is 6.82. The quantitative estimate of drug-likeness (QED) is 0.932. The molecule has 22 heavy (non-hydrogen) atoms. The summed E-state index contributed by atoms with van der Waals surface area (Å²) in [4.78, 5) is 24.8. The number of nitrogens with zero attached hydrogens (tertiary/aromatic N) is 3. The van der Waals surface area contributed by atoms with Gasteiger partial charge in [-0.15, -0.1) is 0 Å². The number of carbonyl (C=O) groups is 1. The lowest BCUT2D eigenvalue weighted by Gasteiger charge is -2.33. The van der Waals surface area contributed by atoms with Crippen LogP contribution in [0.5, 0.6) is 0 Å². The average Bonchev–Trinajstić information content (AvgIpc) is 2.80. The highest BCUT2D eigenvalue weighted by molar-refractivity contribution is 5.78. The largest absolute Gasteiger partial charge is 0.346 e. The molecule has 5 nitrogen and oxygen atoms in total. The minimum atomic E-state index is 0.301. The van der Waals surface area contributed by atoms with Crippen molar-refractivity contribution < 1.29 is 4.79 Å². The van der Waals surface area contributed by atoms with E-state index in [-0.39, 0.29) is 0 Å². The Kier molecular flexibility index (Phi) is 5.13. The fourth-order valence-corrected chi connectivity index (χ4v) is 3.65. The first kappa shape index (κ1) is 15.5. The van der Waals surface area contributed by atoms with Gasteiger partial charge in [-0.1, -0.05) is 12.8 Å². The maximum atomic E-state index is 12.6. The highest BCUT2D eigenvalue weighted by Gasteiger charge is 2.27. The lowest BCUT2D eigenvalue weighted by Crippen LogP contribution is -2.45. The van der Waals surface area contributed by atoms with E-state index in [0.29, 0.717) is 18.4 Å². The van der Waals surface area contributed by atoms with Crippen molar-refractivity contribution in [1.82, 2.24) is 19.8 Å². The van der Waals surface area contributed by atoms with Crippen LogP contribution in [-0.2, 0) is 4.79 Å². The van der Waals surface area contributed by atoms with Crippen LogP contribution in [0.1, 0.15) is 56.0 Å². The van der Waals surface area contributed by atoms with E-state index in [1.54, 1.807) is 0 Å². The number of nitrogens with one attached hydrogen (secondary N) is 1. The summed E-state index contributed by atoms with van der Waals surface area (Å²) in [5, 5.41) is 0. The molecule has 5 heteroatoms. The second-order valence-electron chi connectivity index (χ2n) is 6.82. The van der Waals surface area contributed by atoms with Crippen molar-refractivity contribution in [2.75, 3.05) is 32.7 Å². The fraction of sp³-hybridized carbons (Fsp3) is 0.765. The molecule has 1 atom stereocenters. The summed E-state index contributed by atoms with van der Waals surface area (Å²) in [6.07, 6.45) is 9.19. The van der Waals surface area contributed by atoms with Crippen LogP contribution in [0.15, 0.2) is 6.20 Å². The number of hydrogen-bond donors (Lipinski definition) is 1. The smallest absolute Gasteiger partial charge is 0.236 e. The topological polar surface area (TPSA) is 52.2 Å². The van der Waals surface area contributed by atoms with Crippen LogP contribution in [0.2, 0.25) is 0 Å². The molecule has 2 saturated heterocycles. The Bertz CT molecular complexity index is 491. The molecule has 0 saturated carbocycles. The Morgan fingerprint density at radius 3 is 2.68 bits per heavy atom. The molecule has 0 bridgehead atoms. The first-order chi connectivity index (χ1) is 10.7. The van der Waals surface area contributed by atoms with Crippen LogP contribution in [0.3, 0.4) is 0 Å². The van der Waals surface area contributed by atoms with E-state index >= 15 is 0 Å². The third kappa shape index (κ3) is 3.88. The molecule has 0 aliphatic carbocycles. The molecule has 0 aromatic carbocycles. The molecule has 122 valence electrons. The number of piperidine rings is 1. The first-order valence-electron chi connectivity index (χ1n) is 8.74. The fourth-order valence-electron chi connectivity index (χ4n) is 3.65. The normalized spacial score (nSPS) is 24.2. The number of rotatable bonds is 3. The molecular weight excluding hydrogens is 276 g/mol. The molecule has 1 N–H and O–H groups in total. The molecule has 1 amide bonds. The number of aryl methyl sites for hydroxylation is 1.